The molecule has 1 aromatic heterocycles. The maximum Gasteiger partial charge on any atom is 0.221 e. The Morgan fingerprint density at radius 2 is 1.93 bits per heavy atom. The van der Waals surface area contributed by atoms with Crippen LogP contribution in [0.4, 0.5) is 5.82 Å². The molecule has 6 heteroatoms. The fraction of sp³-hybridized carbons (Fsp3) is 0.609. The van der Waals surface area contributed by atoms with Gasteiger partial charge in [0.1, 0.15) is 11.6 Å². The zero-order chi connectivity index (χ0) is 20.4. The van der Waals surface area contributed by atoms with E-state index in [4.69, 9.17) is 21.6 Å². The van der Waals surface area contributed by atoms with E-state index in [2.05, 4.69) is 10.2 Å². The normalized spacial score (nSPS) is 17.7. The number of carbonyl (C=O) groups excluding carboxylic acids is 1. The summed E-state index contributed by atoms with van der Waals surface area (Å²) in [6.07, 6.45) is 8.89. The highest BCUT2D eigenvalue weighted by molar-refractivity contribution is 6.31. The van der Waals surface area contributed by atoms with Crippen LogP contribution in [0.1, 0.15) is 77.0 Å². The van der Waals surface area contributed by atoms with Crippen LogP contribution in [0.15, 0.2) is 18.2 Å². The number of rotatable bonds is 7. The molecule has 1 heterocycles. The molecule has 2 saturated carbocycles. The molecule has 5 nitrogen and oxygen atoms in total. The Bertz CT molecular complexity index is 875. The number of amides is 1. The van der Waals surface area contributed by atoms with E-state index in [0.29, 0.717) is 29.9 Å². The van der Waals surface area contributed by atoms with Crippen LogP contribution in [0.3, 0.4) is 0 Å². The minimum atomic E-state index is 0.102. The summed E-state index contributed by atoms with van der Waals surface area (Å²) in [5.74, 6) is 2.49. The number of halogens is 1. The van der Waals surface area contributed by atoms with Crippen LogP contribution in [0.2, 0.25) is 5.02 Å². The first-order valence-corrected chi connectivity index (χ1v) is 11.4. The topological polar surface area (TPSA) is 58.1 Å². The lowest BCUT2D eigenvalue weighted by molar-refractivity contribution is -0.121. The molecule has 2 fully saturated rings. The van der Waals surface area contributed by atoms with Crippen LogP contribution < -0.4 is 10.2 Å². The van der Waals surface area contributed by atoms with Gasteiger partial charge >= 0.3 is 0 Å². The van der Waals surface area contributed by atoms with Crippen LogP contribution in [-0.4, -0.2) is 34.5 Å². The van der Waals surface area contributed by atoms with Gasteiger partial charge in [0, 0.05) is 41.4 Å². The number of fused-ring (bicyclic) bond motifs is 1. The molecule has 2 aromatic rings. The van der Waals surface area contributed by atoms with Gasteiger partial charge in [-0.3, -0.25) is 4.79 Å². The second-order valence-corrected chi connectivity index (χ2v) is 9.24. The SMILES string of the molecule is CC(C)NC(=O)CCN(c1nc(C2CC2)nc2cc(Cl)ccc12)C1CCCCC1. The molecule has 1 amide bonds. The molecule has 0 aliphatic heterocycles. The molecule has 2 aliphatic rings. The van der Waals surface area contributed by atoms with Gasteiger partial charge in [-0.25, -0.2) is 9.97 Å². The summed E-state index contributed by atoms with van der Waals surface area (Å²) in [7, 11) is 0. The molecule has 4 rings (SSSR count). The third-order valence-corrected chi connectivity index (χ3v) is 6.15. The van der Waals surface area contributed by atoms with Gasteiger partial charge in [0.15, 0.2) is 0 Å². The Labute approximate surface area is 178 Å². The van der Waals surface area contributed by atoms with E-state index >= 15 is 0 Å². The molecule has 29 heavy (non-hydrogen) atoms. The van der Waals surface area contributed by atoms with Gasteiger partial charge in [-0.2, -0.15) is 0 Å². The van der Waals surface area contributed by atoms with Crippen molar-refractivity contribution >= 4 is 34.2 Å². The molecular formula is C23H31ClN4O. The third-order valence-electron chi connectivity index (χ3n) is 5.92. The molecule has 1 N–H and O–H groups in total. The number of carbonyl (C=O) groups is 1. The van der Waals surface area contributed by atoms with Crippen LogP contribution in [0.25, 0.3) is 10.9 Å². The largest absolute Gasteiger partial charge is 0.354 e. The van der Waals surface area contributed by atoms with Gasteiger partial charge in [0.2, 0.25) is 5.91 Å². The minimum absolute atomic E-state index is 0.102. The average Bonchev–Trinajstić information content (AvgIpc) is 3.53. The highest BCUT2D eigenvalue weighted by atomic mass is 35.5. The maximum absolute atomic E-state index is 12.4. The molecule has 2 aliphatic carbocycles. The number of hydrogen-bond acceptors (Lipinski definition) is 4. The second-order valence-electron chi connectivity index (χ2n) is 8.80. The van der Waals surface area contributed by atoms with E-state index in [9.17, 15) is 4.79 Å². The van der Waals surface area contributed by atoms with Gasteiger partial charge < -0.3 is 10.2 Å². The maximum atomic E-state index is 12.4. The van der Waals surface area contributed by atoms with E-state index in [0.717, 1.165) is 48.2 Å². The molecule has 0 atom stereocenters. The Hall–Kier alpha value is -1.88. The molecule has 0 bridgehead atoms. The number of hydrogen-bond donors (Lipinski definition) is 1. The van der Waals surface area contributed by atoms with Gasteiger partial charge in [0.25, 0.3) is 0 Å². The molecule has 156 valence electrons. The van der Waals surface area contributed by atoms with Gasteiger partial charge in [-0.1, -0.05) is 30.9 Å². The van der Waals surface area contributed by atoms with Crippen molar-refractivity contribution < 1.29 is 4.79 Å². The summed E-state index contributed by atoms with van der Waals surface area (Å²) in [4.78, 5) is 24.6. The predicted octanol–water partition coefficient (Wildman–Crippen LogP) is 5.21. The van der Waals surface area contributed by atoms with Crippen molar-refractivity contribution in [2.45, 2.75) is 83.2 Å². The number of benzene rings is 1. The van der Waals surface area contributed by atoms with Gasteiger partial charge in [0.05, 0.1) is 5.52 Å². The van der Waals surface area contributed by atoms with E-state index < -0.39 is 0 Å². The van der Waals surface area contributed by atoms with Crippen LogP contribution >= 0.6 is 11.6 Å². The Kier molecular flexibility index (Phi) is 6.23. The summed E-state index contributed by atoms with van der Waals surface area (Å²) in [5.41, 5.74) is 0.914. The predicted molar refractivity (Wildman–Crippen MR) is 119 cm³/mol. The van der Waals surface area contributed by atoms with Crippen molar-refractivity contribution in [3.05, 3.63) is 29.0 Å². The summed E-state index contributed by atoms with van der Waals surface area (Å²) >= 11 is 6.27. The monoisotopic (exact) mass is 414 g/mol. The minimum Gasteiger partial charge on any atom is -0.354 e. The summed E-state index contributed by atoms with van der Waals surface area (Å²) in [6.45, 7) is 4.68. The van der Waals surface area contributed by atoms with Crippen molar-refractivity contribution in [2.24, 2.45) is 0 Å². The fourth-order valence-electron chi connectivity index (χ4n) is 4.32. The molecule has 0 radical (unpaired) electrons. The first-order chi connectivity index (χ1) is 14.0. The van der Waals surface area contributed by atoms with Crippen molar-refractivity contribution in [3.8, 4) is 0 Å². The number of anilines is 1. The lowest BCUT2D eigenvalue weighted by Gasteiger charge is -2.36. The molecule has 0 unspecified atom stereocenters. The Balaban J connectivity index is 1.70. The lowest BCUT2D eigenvalue weighted by Crippen LogP contribution is -2.41. The van der Waals surface area contributed by atoms with Crippen LogP contribution in [0.5, 0.6) is 0 Å². The van der Waals surface area contributed by atoms with E-state index in [1.54, 1.807) is 0 Å². The van der Waals surface area contributed by atoms with Gasteiger partial charge in [-0.15, -0.1) is 0 Å². The average molecular weight is 415 g/mol. The van der Waals surface area contributed by atoms with E-state index in [1.807, 2.05) is 32.0 Å². The standard InChI is InChI=1S/C23H31ClN4O/c1-15(2)25-21(29)12-13-28(18-6-4-3-5-7-18)23-19-11-10-17(24)14-20(19)26-22(27-23)16-8-9-16/h10-11,14-16,18H,3-9,12-13H2,1-2H3,(H,25,29). The summed E-state index contributed by atoms with van der Waals surface area (Å²) in [5, 5.41) is 4.76. The highest BCUT2D eigenvalue weighted by Gasteiger charge is 2.30. The Morgan fingerprint density at radius 1 is 1.17 bits per heavy atom. The van der Waals surface area contributed by atoms with Crippen LogP contribution in [-0.2, 0) is 4.79 Å². The summed E-state index contributed by atoms with van der Waals surface area (Å²) < 4.78 is 0. The van der Waals surface area contributed by atoms with E-state index in [1.165, 1.54) is 19.3 Å². The summed E-state index contributed by atoms with van der Waals surface area (Å²) in [6, 6.07) is 6.48. The quantitative estimate of drug-likeness (QED) is 0.675. The molecule has 0 saturated heterocycles. The first kappa shape index (κ1) is 20.4. The fourth-order valence-corrected chi connectivity index (χ4v) is 4.48. The first-order valence-electron chi connectivity index (χ1n) is 11.0. The van der Waals surface area contributed by atoms with Crippen molar-refractivity contribution in [3.63, 3.8) is 0 Å². The zero-order valence-electron chi connectivity index (χ0n) is 17.5. The lowest BCUT2D eigenvalue weighted by atomic mass is 9.93. The van der Waals surface area contributed by atoms with Crippen molar-refractivity contribution in [2.75, 3.05) is 11.4 Å². The number of nitrogens with zero attached hydrogens (tertiary/aromatic N) is 3. The second kappa shape index (κ2) is 8.86. The molecule has 1 aromatic carbocycles. The Morgan fingerprint density at radius 3 is 2.62 bits per heavy atom. The van der Waals surface area contributed by atoms with Crippen molar-refractivity contribution in [1.29, 1.82) is 0 Å². The van der Waals surface area contributed by atoms with Crippen molar-refractivity contribution in [1.82, 2.24) is 15.3 Å². The number of nitrogens with one attached hydrogen (secondary N) is 1. The zero-order valence-corrected chi connectivity index (χ0v) is 18.2. The molecular weight excluding hydrogens is 384 g/mol. The van der Waals surface area contributed by atoms with Gasteiger partial charge in [-0.05, 0) is 57.7 Å². The smallest absolute Gasteiger partial charge is 0.221 e. The highest BCUT2D eigenvalue weighted by Crippen LogP contribution is 2.41. The van der Waals surface area contributed by atoms with Crippen LogP contribution in [0, 0.1) is 0 Å². The number of aromatic nitrogens is 2. The molecule has 0 spiro atoms. The third kappa shape index (κ3) is 5.00. The van der Waals surface area contributed by atoms with E-state index in [-0.39, 0.29) is 11.9 Å².